The van der Waals surface area contributed by atoms with Crippen LogP contribution in [0.25, 0.3) is 0 Å². The fourth-order valence-corrected chi connectivity index (χ4v) is 4.23. The van der Waals surface area contributed by atoms with Gasteiger partial charge in [-0.1, -0.05) is 36.4 Å². The zero-order chi connectivity index (χ0) is 32.7. The lowest BCUT2D eigenvalue weighted by molar-refractivity contribution is 0.473. The van der Waals surface area contributed by atoms with Gasteiger partial charge in [0.15, 0.2) is 0 Å². The van der Waals surface area contributed by atoms with Gasteiger partial charge in [-0.15, -0.1) is 0 Å². The quantitative estimate of drug-likeness (QED) is 0.179. The standard InChI is InChI=1S/C11H22N2O2Si2.C8H12N2O2.C5H6N2O2.C3H7I/c1-9-8-10(14-16(2,3)4)13-11(12-9)15-17(5,6)7;1-3-4-10-7(11)5-6(2)9-8(10)12;1-3-2-4(8)7-5(9)6-3;1-2-3-4/h8H,1-7H3;5H,3-4H2,1-2H3,(H,9,12);2H,1H3,(H2,6,7,8,9);2-3H2,1H3. The number of alkyl halides is 1. The third-order valence-electron chi connectivity index (χ3n) is 4.30. The van der Waals surface area contributed by atoms with E-state index in [2.05, 4.69) is 88.7 Å². The van der Waals surface area contributed by atoms with Crippen molar-refractivity contribution in [2.75, 3.05) is 4.43 Å². The van der Waals surface area contributed by atoms with Crippen LogP contribution in [0.1, 0.15) is 43.8 Å². The summed E-state index contributed by atoms with van der Waals surface area (Å²) in [5, 5.41) is 0. The van der Waals surface area contributed by atoms with E-state index >= 15 is 0 Å². The zero-order valence-corrected chi connectivity index (χ0v) is 30.9. The van der Waals surface area contributed by atoms with Crippen LogP contribution in [0.3, 0.4) is 0 Å². The molecule has 3 heterocycles. The molecular weight excluding hydrogens is 687 g/mol. The number of rotatable bonds is 7. The second-order valence-electron chi connectivity index (χ2n) is 11.3. The topological polar surface area (TPSA) is 165 Å². The van der Waals surface area contributed by atoms with E-state index < -0.39 is 22.3 Å². The molecule has 0 bridgehead atoms. The Balaban J connectivity index is 0.000000587. The molecule has 42 heavy (non-hydrogen) atoms. The number of hydrogen-bond acceptors (Lipinski definition) is 8. The molecule has 3 aromatic rings. The number of aromatic nitrogens is 6. The summed E-state index contributed by atoms with van der Waals surface area (Å²) in [4.78, 5) is 58.8. The van der Waals surface area contributed by atoms with Crippen molar-refractivity contribution in [3.8, 4) is 11.9 Å². The molecule has 0 unspecified atom stereocenters. The fraction of sp³-hybridized carbons (Fsp3) is 0.556. The van der Waals surface area contributed by atoms with Gasteiger partial charge in [0.05, 0.1) is 0 Å². The van der Waals surface area contributed by atoms with Gasteiger partial charge in [-0.2, -0.15) is 4.98 Å². The predicted molar refractivity (Wildman–Crippen MR) is 183 cm³/mol. The highest BCUT2D eigenvalue weighted by Gasteiger charge is 2.21. The van der Waals surface area contributed by atoms with Crippen LogP contribution in [-0.2, 0) is 6.54 Å². The molecule has 0 saturated heterocycles. The average Bonchev–Trinajstić information content (AvgIpc) is 2.79. The van der Waals surface area contributed by atoms with Gasteiger partial charge >= 0.3 is 17.4 Å². The number of nitrogens with zero attached hydrogens (tertiary/aromatic N) is 3. The first kappa shape index (κ1) is 39.2. The number of aryl methyl sites for hydroxylation is 3. The van der Waals surface area contributed by atoms with Crippen molar-refractivity contribution in [1.82, 2.24) is 29.5 Å². The second-order valence-corrected chi connectivity index (χ2v) is 21.2. The minimum Gasteiger partial charge on any atom is -0.531 e. The van der Waals surface area contributed by atoms with Crippen LogP contribution in [0.15, 0.2) is 37.4 Å². The Labute approximate surface area is 263 Å². The maximum Gasteiger partial charge on any atom is 0.328 e. The Morgan fingerprint density at radius 1 is 0.786 bits per heavy atom. The first-order valence-corrected chi connectivity index (χ1v) is 22.0. The third-order valence-corrected chi connectivity index (χ3v) is 7.00. The first-order valence-electron chi connectivity index (χ1n) is 13.7. The van der Waals surface area contributed by atoms with Crippen LogP contribution in [0.5, 0.6) is 11.9 Å². The average molecular weight is 735 g/mol. The van der Waals surface area contributed by atoms with Gasteiger partial charge in [-0.05, 0) is 77.3 Å². The largest absolute Gasteiger partial charge is 0.531 e. The summed E-state index contributed by atoms with van der Waals surface area (Å²) in [7, 11) is -3.31. The maximum atomic E-state index is 11.2. The molecule has 0 aliphatic carbocycles. The van der Waals surface area contributed by atoms with E-state index in [1.165, 1.54) is 27.5 Å². The molecule has 3 aromatic heterocycles. The third kappa shape index (κ3) is 18.6. The van der Waals surface area contributed by atoms with Gasteiger partial charge in [0, 0.05) is 41.8 Å². The summed E-state index contributed by atoms with van der Waals surface area (Å²) in [6.45, 7) is 22.6. The summed E-state index contributed by atoms with van der Waals surface area (Å²) in [5.74, 6) is 0.630. The molecule has 3 N–H and O–H groups in total. The van der Waals surface area contributed by atoms with Crippen molar-refractivity contribution in [1.29, 1.82) is 0 Å². The van der Waals surface area contributed by atoms with Gasteiger partial charge in [-0.25, -0.2) is 14.6 Å². The molecule has 12 nitrogen and oxygen atoms in total. The number of halogens is 1. The van der Waals surface area contributed by atoms with E-state index in [1.807, 2.05) is 24.9 Å². The Bertz CT molecular complexity index is 1380. The summed E-state index contributed by atoms with van der Waals surface area (Å²) < 4.78 is 14.1. The fourth-order valence-electron chi connectivity index (χ4n) is 2.86. The molecular formula is C27H47IN6O6Si2. The number of aromatic amines is 3. The molecule has 0 atom stereocenters. The Hall–Kier alpha value is -2.80. The zero-order valence-electron chi connectivity index (χ0n) is 26.7. The molecule has 0 aliphatic heterocycles. The highest BCUT2D eigenvalue weighted by atomic mass is 127. The maximum absolute atomic E-state index is 11.2. The van der Waals surface area contributed by atoms with Gasteiger partial charge in [0.25, 0.3) is 11.1 Å². The number of hydrogen-bond donors (Lipinski definition) is 3. The molecule has 0 spiro atoms. The summed E-state index contributed by atoms with van der Waals surface area (Å²) in [6.07, 6.45) is 2.09. The Kier molecular flexibility index (Phi) is 17.4. The van der Waals surface area contributed by atoms with E-state index in [9.17, 15) is 19.2 Å². The van der Waals surface area contributed by atoms with Crippen LogP contribution in [0.2, 0.25) is 39.3 Å². The predicted octanol–water partition coefficient (Wildman–Crippen LogP) is 4.67. The first-order chi connectivity index (χ1) is 19.3. The molecule has 0 aliphatic rings. The van der Waals surface area contributed by atoms with Crippen LogP contribution < -0.4 is 31.4 Å². The van der Waals surface area contributed by atoms with Crippen LogP contribution >= 0.6 is 22.6 Å². The van der Waals surface area contributed by atoms with Gasteiger partial charge in [-0.3, -0.25) is 19.1 Å². The minimum absolute atomic E-state index is 0.224. The number of nitrogens with one attached hydrogen (secondary N) is 3. The van der Waals surface area contributed by atoms with Gasteiger partial charge < -0.3 is 18.8 Å². The van der Waals surface area contributed by atoms with Gasteiger partial charge in [0.1, 0.15) is 0 Å². The molecule has 0 radical (unpaired) electrons. The molecule has 3 rings (SSSR count). The van der Waals surface area contributed by atoms with Crippen molar-refractivity contribution < 1.29 is 8.85 Å². The van der Waals surface area contributed by atoms with Crippen molar-refractivity contribution in [3.63, 3.8) is 0 Å². The molecule has 15 heteroatoms. The summed E-state index contributed by atoms with van der Waals surface area (Å²) >= 11 is 2.35. The monoisotopic (exact) mass is 734 g/mol. The normalized spacial score (nSPS) is 10.7. The highest BCUT2D eigenvalue weighted by Crippen LogP contribution is 2.19. The van der Waals surface area contributed by atoms with Crippen LogP contribution in [0.4, 0.5) is 0 Å². The van der Waals surface area contributed by atoms with Crippen LogP contribution in [-0.4, -0.2) is 50.5 Å². The van der Waals surface area contributed by atoms with Crippen molar-refractivity contribution in [2.45, 2.75) is 93.3 Å². The van der Waals surface area contributed by atoms with Crippen molar-refractivity contribution >= 4 is 39.2 Å². The van der Waals surface area contributed by atoms with E-state index in [0.717, 1.165) is 12.1 Å². The Morgan fingerprint density at radius 3 is 1.76 bits per heavy atom. The summed E-state index contributed by atoms with van der Waals surface area (Å²) in [6, 6.07) is 5.05. The molecule has 0 aromatic carbocycles. The van der Waals surface area contributed by atoms with Crippen molar-refractivity contribution in [3.05, 3.63) is 77.0 Å². The van der Waals surface area contributed by atoms with Crippen LogP contribution in [0, 0.1) is 20.8 Å². The lowest BCUT2D eigenvalue weighted by atomic mass is 10.4. The van der Waals surface area contributed by atoms with Gasteiger partial charge in [0.2, 0.25) is 22.5 Å². The number of H-pyrrole nitrogens is 3. The Morgan fingerprint density at radius 2 is 1.33 bits per heavy atom. The minimum atomic E-state index is -1.67. The molecule has 0 saturated carbocycles. The van der Waals surface area contributed by atoms with Crippen molar-refractivity contribution in [2.24, 2.45) is 0 Å². The molecule has 236 valence electrons. The highest BCUT2D eigenvalue weighted by molar-refractivity contribution is 14.1. The summed E-state index contributed by atoms with van der Waals surface area (Å²) in [5.41, 5.74) is 0.693. The van der Waals surface area contributed by atoms with E-state index in [1.54, 1.807) is 13.8 Å². The van der Waals surface area contributed by atoms with E-state index in [4.69, 9.17) is 8.85 Å². The van der Waals surface area contributed by atoms with E-state index in [0.29, 0.717) is 29.8 Å². The van der Waals surface area contributed by atoms with E-state index in [-0.39, 0.29) is 16.8 Å². The molecule has 0 amide bonds. The second kappa shape index (κ2) is 18.7. The lowest BCUT2D eigenvalue weighted by Gasteiger charge is -2.21. The lowest BCUT2D eigenvalue weighted by Crippen LogP contribution is -2.34. The molecule has 0 fully saturated rings. The smallest absolute Gasteiger partial charge is 0.328 e. The SMILES string of the molecule is CCCI.CCCn1c(=O)cc(C)[nH]c1=O.Cc1cc(=O)[nH]c(=O)[nH]1.Cc1cc(O[Si](C)(C)C)nc(O[Si](C)(C)C)n1.